The van der Waals surface area contributed by atoms with Gasteiger partial charge in [-0.05, 0) is 19.1 Å². The predicted octanol–water partition coefficient (Wildman–Crippen LogP) is 1.94. The van der Waals surface area contributed by atoms with Crippen LogP contribution in [-0.4, -0.2) is 26.4 Å². The number of hydrogen-bond donors (Lipinski definition) is 1. The second-order valence-corrected chi connectivity index (χ2v) is 3.86. The van der Waals surface area contributed by atoms with E-state index in [2.05, 4.69) is 11.8 Å². The lowest BCUT2D eigenvalue weighted by Crippen LogP contribution is -2.14. The number of benzene rings is 1. The Kier molecular flexibility index (Phi) is 6.20. The standard InChI is InChI=1S/C14H18FNO2/c1-11(7-9-17-2)18-13-6-5-12(4-3-8-16)14(15)10-13/h5-6,10-11H,7-9,16H2,1-2H3. The normalized spacial score (nSPS) is 11.6. The number of methoxy groups -OCH3 is 1. The molecular weight excluding hydrogens is 233 g/mol. The second-order valence-electron chi connectivity index (χ2n) is 3.86. The van der Waals surface area contributed by atoms with Crippen molar-refractivity contribution in [2.45, 2.75) is 19.4 Å². The molecule has 3 nitrogen and oxygen atoms in total. The van der Waals surface area contributed by atoms with E-state index in [4.69, 9.17) is 15.2 Å². The van der Waals surface area contributed by atoms with Crippen molar-refractivity contribution in [1.82, 2.24) is 0 Å². The van der Waals surface area contributed by atoms with E-state index >= 15 is 0 Å². The Balaban J connectivity index is 2.66. The van der Waals surface area contributed by atoms with E-state index in [1.165, 1.54) is 6.07 Å². The van der Waals surface area contributed by atoms with Crippen LogP contribution in [0.4, 0.5) is 4.39 Å². The molecule has 0 bridgehead atoms. The summed E-state index contributed by atoms with van der Waals surface area (Å²) in [5.74, 6) is 5.37. The van der Waals surface area contributed by atoms with Gasteiger partial charge in [-0.3, -0.25) is 0 Å². The van der Waals surface area contributed by atoms with Crippen LogP contribution in [0.1, 0.15) is 18.9 Å². The van der Waals surface area contributed by atoms with Gasteiger partial charge in [0, 0.05) is 26.2 Å². The van der Waals surface area contributed by atoms with Crippen molar-refractivity contribution in [3.63, 3.8) is 0 Å². The molecule has 0 radical (unpaired) electrons. The smallest absolute Gasteiger partial charge is 0.142 e. The van der Waals surface area contributed by atoms with Crippen LogP contribution < -0.4 is 10.5 Å². The first-order valence-electron chi connectivity index (χ1n) is 5.81. The largest absolute Gasteiger partial charge is 0.491 e. The maximum Gasteiger partial charge on any atom is 0.142 e. The molecule has 1 aromatic rings. The average molecular weight is 251 g/mol. The number of rotatable bonds is 5. The van der Waals surface area contributed by atoms with Crippen molar-refractivity contribution in [2.75, 3.05) is 20.3 Å². The quantitative estimate of drug-likeness (QED) is 0.813. The second kappa shape index (κ2) is 7.70. The average Bonchev–Trinajstić information content (AvgIpc) is 2.35. The molecule has 0 aromatic heterocycles. The molecule has 0 aliphatic carbocycles. The Morgan fingerprint density at radius 3 is 2.83 bits per heavy atom. The van der Waals surface area contributed by atoms with Gasteiger partial charge >= 0.3 is 0 Å². The van der Waals surface area contributed by atoms with Gasteiger partial charge in [-0.15, -0.1) is 0 Å². The third kappa shape index (κ3) is 4.74. The minimum atomic E-state index is -0.396. The molecule has 0 fully saturated rings. The van der Waals surface area contributed by atoms with Crippen molar-refractivity contribution in [2.24, 2.45) is 5.73 Å². The summed E-state index contributed by atoms with van der Waals surface area (Å²) in [5, 5.41) is 0. The highest BCUT2D eigenvalue weighted by Gasteiger charge is 2.06. The maximum atomic E-state index is 13.6. The lowest BCUT2D eigenvalue weighted by atomic mass is 10.2. The maximum absolute atomic E-state index is 13.6. The molecule has 1 unspecified atom stereocenters. The first-order valence-corrected chi connectivity index (χ1v) is 5.81. The van der Waals surface area contributed by atoms with Crippen LogP contribution in [0.2, 0.25) is 0 Å². The van der Waals surface area contributed by atoms with Gasteiger partial charge in [0.1, 0.15) is 11.6 Å². The van der Waals surface area contributed by atoms with Gasteiger partial charge in [-0.2, -0.15) is 0 Å². The first-order chi connectivity index (χ1) is 8.67. The number of ether oxygens (including phenoxy) is 2. The summed E-state index contributed by atoms with van der Waals surface area (Å²) < 4.78 is 24.1. The lowest BCUT2D eigenvalue weighted by molar-refractivity contribution is 0.135. The molecule has 1 aromatic carbocycles. The molecule has 2 N–H and O–H groups in total. The summed E-state index contributed by atoms with van der Waals surface area (Å²) in [6.45, 7) is 2.74. The summed E-state index contributed by atoms with van der Waals surface area (Å²) >= 11 is 0. The Labute approximate surface area is 107 Å². The van der Waals surface area contributed by atoms with E-state index in [1.54, 1.807) is 19.2 Å². The third-order valence-electron chi connectivity index (χ3n) is 2.33. The summed E-state index contributed by atoms with van der Waals surface area (Å²) in [5.41, 5.74) is 5.57. The fraction of sp³-hybridized carbons (Fsp3) is 0.429. The number of halogens is 1. The summed E-state index contributed by atoms with van der Waals surface area (Å²) in [6, 6.07) is 4.63. The first kappa shape index (κ1) is 14.5. The van der Waals surface area contributed by atoms with Crippen molar-refractivity contribution < 1.29 is 13.9 Å². The monoisotopic (exact) mass is 251 g/mol. The Morgan fingerprint density at radius 2 is 2.22 bits per heavy atom. The van der Waals surface area contributed by atoms with Gasteiger partial charge in [0.05, 0.1) is 18.2 Å². The molecule has 0 aliphatic rings. The zero-order chi connectivity index (χ0) is 13.4. The van der Waals surface area contributed by atoms with E-state index in [0.29, 0.717) is 17.9 Å². The van der Waals surface area contributed by atoms with Gasteiger partial charge < -0.3 is 15.2 Å². The number of hydrogen-bond acceptors (Lipinski definition) is 3. The lowest BCUT2D eigenvalue weighted by Gasteiger charge is -2.14. The van der Waals surface area contributed by atoms with Crippen LogP contribution in [0.25, 0.3) is 0 Å². The molecule has 0 aliphatic heterocycles. The van der Waals surface area contributed by atoms with Crippen LogP contribution in [0, 0.1) is 17.7 Å². The molecule has 18 heavy (non-hydrogen) atoms. The van der Waals surface area contributed by atoms with Crippen LogP contribution >= 0.6 is 0 Å². The van der Waals surface area contributed by atoms with E-state index in [9.17, 15) is 4.39 Å². The fourth-order valence-corrected chi connectivity index (χ4v) is 1.39. The van der Waals surface area contributed by atoms with Gasteiger partial charge in [-0.1, -0.05) is 11.8 Å². The Morgan fingerprint density at radius 1 is 1.44 bits per heavy atom. The van der Waals surface area contributed by atoms with Gasteiger partial charge in [0.25, 0.3) is 0 Å². The van der Waals surface area contributed by atoms with E-state index in [-0.39, 0.29) is 12.6 Å². The minimum absolute atomic E-state index is 0.0228. The van der Waals surface area contributed by atoms with Gasteiger partial charge in [0.15, 0.2) is 0 Å². The summed E-state index contributed by atoms with van der Waals surface area (Å²) in [6.07, 6.45) is 0.734. The van der Waals surface area contributed by atoms with Gasteiger partial charge in [0.2, 0.25) is 0 Å². The molecule has 0 saturated heterocycles. The van der Waals surface area contributed by atoms with E-state index in [1.807, 2.05) is 6.92 Å². The molecule has 4 heteroatoms. The molecule has 0 spiro atoms. The van der Waals surface area contributed by atoms with Crippen molar-refractivity contribution in [3.05, 3.63) is 29.6 Å². The van der Waals surface area contributed by atoms with Crippen LogP contribution in [0.15, 0.2) is 18.2 Å². The zero-order valence-electron chi connectivity index (χ0n) is 10.7. The Hall–Kier alpha value is -1.57. The van der Waals surface area contributed by atoms with Crippen molar-refractivity contribution in [3.8, 4) is 17.6 Å². The van der Waals surface area contributed by atoms with Crippen LogP contribution in [-0.2, 0) is 4.74 Å². The topological polar surface area (TPSA) is 44.5 Å². The highest BCUT2D eigenvalue weighted by atomic mass is 19.1. The van der Waals surface area contributed by atoms with E-state index in [0.717, 1.165) is 6.42 Å². The van der Waals surface area contributed by atoms with E-state index < -0.39 is 5.82 Å². The summed E-state index contributed by atoms with van der Waals surface area (Å²) in [4.78, 5) is 0. The zero-order valence-corrected chi connectivity index (χ0v) is 10.7. The minimum Gasteiger partial charge on any atom is -0.491 e. The predicted molar refractivity (Wildman–Crippen MR) is 68.9 cm³/mol. The molecule has 1 rings (SSSR count). The molecule has 1 atom stereocenters. The fourth-order valence-electron chi connectivity index (χ4n) is 1.39. The van der Waals surface area contributed by atoms with Gasteiger partial charge in [-0.25, -0.2) is 4.39 Å². The van der Waals surface area contributed by atoms with Crippen LogP contribution in [0.3, 0.4) is 0 Å². The third-order valence-corrected chi connectivity index (χ3v) is 2.33. The molecule has 0 saturated carbocycles. The van der Waals surface area contributed by atoms with Crippen molar-refractivity contribution >= 4 is 0 Å². The number of nitrogens with two attached hydrogens (primary N) is 1. The highest BCUT2D eigenvalue weighted by molar-refractivity contribution is 5.39. The molecule has 0 amide bonds. The summed E-state index contributed by atoms with van der Waals surface area (Å²) in [7, 11) is 1.64. The SMILES string of the molecule is COCCC(C)Oc1ccc(C#CCN)c(F)c1. The van der Waals surface area contributed by atoms with Crippen molar-refractivity contribution in [1.29, 1.82) is 0 Å². The van der Waals surface area contributed by atoms with Crippen LogP contribution in [0.5, 0.6) is 5.75 Å². The Bertz CT molecular complexity index is 437. The molecule has 98 valence electrons. The molecule has 0 heterocycles. The molecular formula is C14H18FNO2. The highest BCUT2D eigenvalue weighted by Crippen LogP contribution is 2.18.